The van der Waals surface area contributed by atoms with E-state index < -0.39 is 0 Å². The molecule has 0 saturated heterocycles. The third-order valence-electron chi connectivity index (χ3n) is 4.46. The van der Waals surface area contributed by atoms with E-state index in [1.807, 2.05) is 4.68 Å². The molecule has 1 atom stereocenters. The molecule has 1 heterocycles. The summed E-state index contributed by atoms with van der Waals surface area (Å²) in [6.45, 7) is 4.32. The lowest BCUT2D eigenvalue weighted by atomic mass is 9.87. The Balaban J connectivity index is 1.63. The van der Waals surface area contributed by atoms with E-state index >= 15 is 0 Å². The van der Waals surface area contributed by atoms with Gasteiger partial charge in [0.2, 0.25) is 0 Å². The van der Waals surface area contributed by atoms with Crippen LogP contribution in [0.15, 0.2) is 12.3 Å². The van der Waals surface area contributed by atoms with Crippen molar-refractivity contribution in [2.45, 2.75) is 58.0 Å². The molecule has 18 heavy (non-hydrogen) atoms. The third-order valence-corrected chi connectivity index (χ3v) is 4.46. The van der Waals surface area contributed by atoms with E-state index in [-0.39, 0.29) is 0 Å². The van der Waals surface area contributed by atoms with Crippen LogP contribution in [0.25, 0.3) is 0 Å². The van der Waals surface area contributed by atoms with E-state index in [0.29, 0.717) is 12.1 Å². The first-order valence-electron chi connectivity index (χ1n) is 7.44. The summed E-state index contributed by atoms with van der Waals surface area (Å²) in [6, 6.07) is 2.90. The average Bonchev–Trinajstić information content (AvgIpc) is 3.22. The molecule has 2 aliphatic rings. The maximum Gasteiger partial charge on any atom is 0.0640 e. The molecule has 3 rings (SSSR count). The van der Waals surface area contributed by atoms with Gasteiger partial charge in [0.25, 0.3) is 0 Å². The topological polar surface area (TPSA) is 43.8 Å². The third kappa shape index (κ3) is 2.61. The molecule has 0 spiro atoms. The van der Waals surface area contributed by atoms with Gasteiger partial charge in [-0.3, -0.25) is 4.68 Å². The number of rotatable bonds is 6. The molecule has 0 bridgehead atoms. The highest BCUT2D eigenvalue weighted by Gasteiger charge is 2.44. The molecule has 0 amide bonds. The minimum atomic E-state index is 0.320. The molecular weight excluding hydrogens is 222 g/mol. The first-order chi connectivity index (χ1) is 8.65. The van der Waals surface area contributed by atoms with Crippen molar-refractivity contribution in [1.29, 1.82) is 0 Å². The lowest BCUT2D eigenvalue weighted by molar-refractivity contribution is 0.325. The summed E-state index contributed by atoms with van der Waals surface area (Å²) in [5, 5.41) is 4.63. The zero-order valence-electron chi connectivity index (χ0n) is 11.5. The highest BCUT2D eigenvalue weighted by Crippen LogP contribution is 2.50. The minimum Gasteiger partial charge on any atom is -0.327 e. The van der Waals surface area contributed by atoms with Crippen LogP contribution >= 0.6 is 0 Å². The van der Waals surface area contributed by atoms with Gasteiger partial charge < -0.3 is 5.73 Å². The SMILES string of the molecule is CC(C)n1ccc(CC(N)C(C2CC2)C2CC2)n1. The van der Waals surface area contributed by atoms with Crippen LogP contribution in [-0.4, -0.2) is 15.8 Å². The predicted octanol–water partition coefficient (Wildman–Crippen LogP) is 2.77. The van der Waals surface area contributed by atoms with Gasteiger partial charge in [-0.1, -0.05) is 0 Å². The van der Waals surface area contributed by atoms with Crippen LogP contribution in [0.4, 0.5) is 0 Å². The first kappa shape index (κ1) is 12.2. The van der Waals surface area contributed by atoms with Crippen molar-refractivity contribution >= 4 is 0 Å². The first-order valence-corrected chi connectivity index (χ1v) is 7.44. The smallest absolute Gasteiger partial charge is 0.0640 e. The number of nitrogens with two attached hydrogens (primary N) is 1. The van der Waals surface area contributed by atoms with E-state index in [1.165, 1.54) is 31.4 Å². The van der Waals surface area contributed by atoms with E-state index in [4.69, 9.17) is 5.73 Å². The molecule has 2 fully saturated rings. The van der Waals surface area contributed by atoms with Gasteiger partial charge in [0.1, 0.15) is 0 Å². The van der Waals surface area contributed by atoms with E-state index in [0.717, 1.165) is 24.2 Å². The standard InChI is InChI=1S/C15H25N3/c1-10(2)18-8-7-13(17-18)9-14(16)15(11-3-4-11)12-5-6-12/h7-8,10-12,14-15H,3-6,9,16H2,1-2H3. The van der Waals surface area contributed by atoms with E-state index in [2.05, 4.69) is 31.2 Å². The Morgan fingerprint density at radius 3 is 2.33 bits per heavy atom. The van der Waals surface area contributed by atoms with Crippen molar-refractivity contribution in [3.63, 3.8) is 0 Å². The summed E-state index contributed by atoms with van der Waals surface area (Å²) >= 11 is 0. The van der Waals surface area contributed by atoms with Gasteiger partial charge in [-0.05, 0) is 63.4 Å². The molecule has 0 aromatic carbocycles. The molecule has 0 aliphatic heterocycles. The molecular formula is C15H25N3. The summed E-state index contributed by atoms with van der Waals surface area (Å²) in [7, 11) is 0. The second-order valence-electron chi connectivity index (χ2n) is 6.50. The number of hydrogen-bond acceptors (Lipinski definition) is 2. The Hall–Kier alpha value is -0.830. The molecule has 100 valence electrons. The Labute approximate surface area is 110 Å². The van der Waals surface area contributed by atoms with Crippen LogP contribution in [0.2, 0.25) is 0 Å². The normalized spacial score (nSPS) is 21.8. The van der Waals surface area contributed by atoms with Crippen molar-refractivity contribution in [1.82, 2.24) is 9.78 Å². The number of aromatic nitrogens is 2. The van der Waals surface area contributed by atoms with Crippen LogP contribution < -0.4 is 5.73 Å². The van der Waals surface area contributed by atoms with Crippen molar-refractivity contribution in [3.8, 4) is 0 Å². The maximum absolute atomic E-state index is 6.47. The molecule has 1 aromatic heterocycles. The molecule has 2 N–H and O–H groups in total. The highest BCUT2D eigenvalue weighted by molar-refractivity contribution is 5.05. The van der Waals surface area contributed by atoms with Gasteiger partial charge in [-0.2, -0.15) is 5.10 Å². The fourth-order valence-corrected chi connectivity index (χ4v) is 3.20. The summed E-state index contributed by atoms with van der Waals surface area (Å²) in [5.74, 6) is 2.63. The zero-order valence-corrected chi connectivity index (χ0v) is 11.5. The minimum absolute atomic E-state index is 0.320. The predicted molar refractivity (Wildman–Crippen MR) is 73.2 cm³/mol. The average molecular weight is 247 g/mol. The van der Waals surface area contributed by atoms with Crippen molar-refractivity contribution in [2.75, 3.05) is 0 Å². The van der Waals surface area contributed by atoms with Gasteiger partial charge in [0.15, 0.2) is 0 Å². The van der Waals surface area contributed by atoms with Crippen LogP contribution in [0.5, 0.6) is 0 Å². The molecule has 3 heteroatoms. The molecule has 2 saturated carbocycles. The second kappa shape index (κ2) is 4.69. The van der Waals surface area contributed by atoms with Gasteiger partial charge in [-0.25, -0.2) is 0 Å². The van der Waals surface area contributed by atoms with E-state index in [9.17, 15) is 0 Å². The summed E-state index contributed by atoms with van der Waals surface area (Å²) in [5.41, 5.74) is 7.64. The van der Waals surface area contributed by atoms with Crippen molar-refractivity contribution in [2.24, 2.45) is 23.5 Å². The lowest BCUT2D eigenvalue weighted by Gasteiger charge is -2.23. The number of nitrogens with zero attached hydrogens (tertiary/aromatic N) is 2. The monoisotopic (exact) mass is 247 g/mol. The molecule has 3 nitrogen and oxygen atoms in total. The van der Waals surface area contributed by atoms with Gasteiger partial charge in [0, 0.05) is 24.7 Å². The van der Waals surface area contributed by atoms with Crippen molar-refractivity contribution < 1.29 is 0 Å². The molecule has 1 unspecified atom stereocenters. The van der Waals surface area contributed by atoms with Crippen molar-refractivity contribution in [3.05, 3.63) is 18.0 Å². The largest absolute Gasteiger partial charge is 0.327 e. The Morgan fingerprint density at radius 1 is 1.28 bits per heavy atom. The Morgan fingerprint density at radius 2 is 1.89 bits per heavy atom. The van der Waals surface area contributed by atoms with Crippen LogP contribution in [0, 0.1) is 17.8 Å². The summed E-state index contributed by atoms with van der Waals surface area (Å²) < 4.78 is 2.03. The van der Waals surface area contributed by atoms with E-state index in [1.54, 1.807) is 0 Å². The van der Waals surface area contributed by atoms with Gasteiger partial charge in [0.05, 0.1) is 5.69 Å². The van der Waals surface area contributed by atoms with Crippen LogP contribution in [0.3, 0.4) is 0 Å². The quantitative estimate of drug-likeness (QED) is 0.840. The van der Waals surface area contributed by atoms with Gasteiger partial charge in [-0.15, -0.1) is 0 Å². The fraction of sp³-hybridized carbons (Fsp3) is 0.800. The summed E-state index contributed by atoms with van der Waals surface area (Å²) in [4.78, 5) is 0. The molecule has 1 aromatic rings. The number of hydrogen-bond donors (Lipinski definition) is 1. The second-order valence-corrected chi connectivity index (χ2v) is 6.50. The van der Waals surface area contributed by atoms with Gasteiger partial charge >= 0.3 is 0 Å². The van der Waals surface area contributed by atoms with Crippen LogP contribution in [-0.2, 0) is 6.42 Å². The lowest BCUT2D eigenvalue weighted by Crippen LogP contribution is -2.35. The maximum atomic E-state index is 6.47. The Kier molecular flexibility index (Phi) is 3.18. The highest BCUT2D eigenvalue weighted by atomic mass is 15.3. The molecule has 2 aliphatic carbocycles. The Bertz CT molecular complexity index is 390. The summed E-state index contributed by atoms with van der Waals surface area (Å²) in [6.07, 6.45) is 8.68. The fourth-order valence-electron chi connectivity index (χ4n) is 3.20. The van der Waals surface area contributed by atoms with Crippen LogP contribution in [0.1, 0.15) is 51.3 Å². The molecule has 0 radical (unpaired) electrons. The zero-order chi connectivity index (χ0) is 12.7.